The second kappa shape index (κ2) is 6.88. The molecule has 2 aliphatic carbocycles. The first-order valence-corrected chi connectivity index (χ1v) is 10.6. The molecule has 7 nitrogen and oxygen atoms in total. The van der Waals surface area contributed by atoms with Crippen LogP contribution in [-0.4, -0.2) is 49.5 Å². The standard InChI is InChI=1S/C20H26F2N6O/c1-2-28-17-14(26-18(28)15(21)22)16(23-11-24-17)25-12-5-8-27(10-12)19(29)13-9-20(13)6-3-4-7-20/h11-13,15H,2-10H2,1H3,(H,23,24,25)/t12-,13-/m0/s1. The highest BCUT2D eigenvalue weighted by Crippen LogP contribution is 2.63. The number of rotatable bonds is 5. The molecule has 2 atom stereocenters. The third-order valence-electron chi connectivity index (χ3n) is 7.00. The average molecular weight is 404 g/mol. The zero-order valence-corrected chi connectivity index (χ0v) is 16.6. The monoisotopic (exact) mass is 404 g/mol. The molecule has 2 saturated carbocycles. The summed E-state index contributed by atoms with van der Waals surface area (Å²) in [7, 11) is 0. The summed E-state index contributed by atoms with van der Waals surface area (Å²) < 4.78 is 28.1. The van der Waals surface area contributed by atoms with E-state index in [1.165, 1.54) is 36.6 Å². The summed E-state index contributed by atoms with van der Waals surface area (Å²) in [5.41, 5.74) is 1.08. The van der Waals surface area contributed by atoms with E-state index < -0.39 is 6.43 Å². The summed E-state index contributed by atoms with van der Waals surface area (Å²) in [6, 6.07) is 0.0390. The molecule has 3 heterocycles. The Bertz CT molecular complexity index is 938. The SMILES string of the molecule is CCn1c(C(F)F)nc2c(N[C@H]3CCN(C(=O)[C@@H]4CC45CCCC5)C3)ncnc21. The van der Waals surface area contributed by atoms with Crippen molar-refractivity contribution in [1.29, 1.82) is 0 Å². The van der Waals surface area contributed by atoms with Gasteiger partial charge in [0.05, 0.1) is 0 Å². The van der Waals surface area contributed by atoms with Crippen LogP contribution in [0.1, 0.15) is 57.7 Å². The molecule has 3 aliphatic rings. The van der Waals surface area contributed by atoms with E-state index in [2.05, 4.69) is 20.3 Å². The first-order chi connectivity index (χ1) is 14.0. The number of carbonyl (C=O) groups is 1. The smallest absolute Gasteiger partial charge is 0.295 e. The zero-order chi connectivity index (χ0) is 20.2. The molecule has 29 heavy (non-hydrogen) atoms. The van der Waals surface area contributed by atoms with Crippen LogP contribution in [0.3, 0.4) is 0 Å². The first kappa shape index (κ1) is 18.7. The van der Waals surface area contributed by atoms with Gasteiger partial charge in [-0.15, -0.1) is 0 Å². The third-order valence-corrected chi connectivity index (χ3v) is 7.00. The molecule has 1 N–H and O–H groups in total. The molecule has 156 valence electrons. The average Bonchev–Trinajstić information content (AvgIpc) is 3.09. The van der Waals surface area contributed by atoms with Crippen LogP contribution in [0.4, 0.5) is 14.6 Å². The lowest BCUT2D eigenvalue weighted by molar-refractivity contribution is -0.132. The van der Waals surface area contributed by atoms with Crippen LogP contribution in [0.5, 0.6) is 0 Å². The number of nitrogens with one attached hydrogen (secondary N) is 1. The van der Waals surface area contributed by atoms with Gasteiger partial charge in [0.25, 0.3) is 6.43 Å². The van der Waals surface area contributed by atoms with Crippen LogP contribution in [0.2, 0.25) is 0 Å². The van der Waals surface area contributed by atoms with Gasteiger partial charge in [-0.25, -0.2) is 23.7 Å². The van der Waals surface area contributed by atoms with Crippen molar-refractivity contribution in [3.8, 4) is 0 Å². The van der Waals surface area contributed by atoms with Gasteiger partial charge >= 0.3 is 0 Å². The van der Waals surface area contributed by atoms with Crippen molar-refractivity contribution in [2.45, 2.75) is 64.5 Å². The number of imidazole rings is 1. The number of carbonyl (C=O) groups excluding carboxylic acids is 1. The number of halogens is 2. The quantitative estimate of drug-likeness (QED) is 0.827. The second-order valence-electron chi connectivity index (χ2n) is 8.65. The number of fused-ring (bicyclic) bond motifs is 1. The normalized spacial score (nSPS) is 25.4. The summed E-state index contributed by atoms with van der Waals surface area (Å²) in [5.74, 6) is 0.676. The number of amides is 1. The van der Waals surface area contributed by atoms with Gasteiger partial charge in [-0.05, 0) is 38.0 Å². The first-order valence-electron chi connectivity index (χ1n) is 10.6. The maximum atomic E-state index is 13.3. The van der Waals surface area contributed by atoms with Crippen molar-refractivity contribution in [3.05, 3.63) is 12.2 Å². The van der Waals surface area contributed by atoms with Crippen molar-refractivity contribution < 1.29 is 13.6 Å². The highest BCUT2D eigenvalue weighted by molar-refractivity contribution is 5.84. The summed E-state index contributed by atoms with van der Waals surface area (Å²) in [6.45, 7) is 3.50. The van der Waals surface area contributed by atoms with Gasteiger partial charge in [0.1, 0.15) is 6.33 Å². The summed E-state index contributed by atoms with van der Waals surface area (Å²) in [6.07, 6.45) is 5.48. The lowest BCUT2D eigenvalue weighted by Crippen LogP contribution is -2.33. The Hall–Kier alpha value is -2.32. The van der Waals surface area contributed by atoms with Crippen LogP contribution < -0.4 is 5.32 Å². The number of likely N-dealkylation sites (tertiary alicyclic amines) is 1. The van der Waals surface area contributed by atoms with Gasteiger partial charge in [0.15, 0.2) is 22.8 Å². The molecule has 1 saturated heterocycles. The van der Waals surface area contributed by atoms with E-state index in [0.29, 0.717) is 41.4 Å². The van der Waals surface area contributed by atoms with E-state index in [4.69, 9.17) is 0 Å². The summed E-state index contributed by atoms with van der Waals surface area (Å²) >= 11 is 0. The molecule has 0 aromatic carbocycles. The molecule has 1 spiro atoms. The second-order valence-corrected chi connectivity index (χ2v) is 8.65. The minimum Gasteiger partial charge on any atom is -0.364 e. The van der Waals surface area contributed by atoms with Crippen molar-refractivity contribution in [2.24, 2.45) is 11.3 Å². The maximum Gasteiger partial charge on any atom is 0.295 e. The fourth-order valence-electron chi connectivity index (χ4n) is 5.36. The minimum atomic E-state index is -2.67. The van der Waals surface area contributed by atoms with E-state index in [0.717, 1.165) is 19.4 Å². The molecule has 1 amide bonds. The number of anilines is 1. The van der Waals surface area contributed by atoms with Crippen molar-refractivity contribution in [3.63, 3.8) is 0 Å². The minimum absolute atomic E-state index is 0.0390. The molecular weight excluding hydrogens is 378 g/mol. The van der Waals surface area contributed by atoms with Gasteiger partial charge in [0.2, 0.25) is 5.91 Å². The number of hydrogen-bond acceptors (Lipinski definition) is 5. The van der Waals surface area contributed by atoms with Crippen LogP contribution in [-0.2, 0) is 11.3 Å². The molecule has 3 fully saturated rings. The zero-order valence-electron chi connectivity index (χ0n) is 16.6. The Balaban J connectivity index is 1.30. The van der Waals surface area contributed by atoms with E-state index >= 15 is 0 Å². The number of aromatic nitrogens is 4. The Morgan fingerprint density at radius 1 is 1.34 bits per heavy atom. The highest BCUT2D eigenvalue weighted by Gasteiger charge is 2.59. The lowest BCUT2D eigenvalue weighted by Gasteiger charge is -2.19. The maximum absolute atomic E-state index is 13.3. The van der Waals surface area contributed by atoms with Gasteiger partial charge in [0, 0.05) is 31.6 Å². The Kier molecular flexibility index (Phi) is 4.43. The molecule has 2 aromatic rings. The molecule has 0 bridgehead atoms. The van der Waals surface area contributed by atoms with E-state index in [9.17, 15) is 13.6 Å². The Labute approximate surface area is 167 Å². The molecule has 2 aromatic heterocycles. The lowest BCUT2D eigenvalue weighted by atomic mass is 10.0. The number of nitrogens with zero attached hydrogens (tertiary/aromatic N) is 5. The Morgan fingerprint density at radius 3 is 2.86 bits per heavy atom. The van der Waals surface area contributed by atoms with Gasteiger partial charge in [-0.2, -0.15) is 0 Å². The van der Waals surface area contributed by atoms with Crippen molar-refractivity contribution in [1.82, 2.24) is 24.4 Å². The molecule has 5 rings (SSSR count). The summed E-state index contributed by atoms with van der Waals surface area (Å²) in [4.78, 5) is 27.4. The van der Waals surface area contributed by atoms with Crippen LogP contribution >= 0.6 is 0 Å². The number of alkyl halides is 2. The van der Waals surface area contributed by atoms with E-state index in [1.807, 2.05) is 4.90 Å². The van der Waals surface area contributed by atoms with Gasteiger partial charge < -0.3 is 14.8 Å². The summed E-state index contributed by atoms with van der Waals surface area (Å²) in [5, 5.41) is 3.33. The van der Waals surface area contributed by atoms with Crippen LogP contribution in [0.25, 0.3) is 11.2 Å². The van der Waals surface area contributed by atoms with Crippen LogP contribution in [0.15, 0.2) is 6.33 Å². The van der Waals surface area contributed by atoms with Crippen molar-refractivity contribution in [2.75, 3.05) is 18.4 Å². The number of hydrogen-bond donors (Lipinski definition) is 1. The predicted molar refractivity (Wildman–Crippen MR) is 104 cm³/mol. The van der Waals surface area contributed by atoms with Gasteiger partial charge in [-0.3, -0.25) is 4.79 Å². The highest BCUT2D eigenvalue weighted by atomic mass is 19.3. The molecule has 9 heteroatoms. The fraction of sp³-hybridized carbons (Fsp3) is 0.700. The molecule has 0 unspecified atom stereocenters. The van der Waals surface area contributed by atoms with Crippen molar-refractivity contribution >= 4 is 22.9 Å². The molecule has 1 aliphatic heterocycles. The van der Waals surface area contributed by atoms with Gasteiger partial charge in [-0.1, -0.05) is 12.8 Å². The van der Waals surface area contributed by atoms with E-state index in [1.54, 1.807) is 6.92 Å². The topological polar surface area (TPSA) is 75.9 Å². The predicted octanol–water partition coefficient (Wildman–Crippen LogP) is 3.38. The third kappa shape index (κ3) is 3.05. The molecule has 0 radical (unpaired) electrons. The number of aryl methyl sites for hydroxylation is 1. The van der Waals surface area contributed by atoms with Crippen LogP contribution in [0, 0.1) is 11.3 Å². The largest absolute Gasteiger partial charge is 0.364 e. The fourth-order valence-corrected chi connectivity index (χ4v) is 5.36. The van der Waals surface area contributed by atoms with E-state index in [-0.39, 0.29) is 17.8 Å². The Morgan fingerprint density at radius 2 is 2.14 bits per heavy atom. The molecular formula is C20H26F2N6O.